The quantitative estimate of drug-likeness (QED) is 0.237. The Hall–Kier alpha value is -0.443. The normalized spacial score (nSPS) is 8.20. The fourth-order valence-electron chi connectivity index (χ4n) is 0.0289. The highest BCUT2D eigenvalue weighted by molar-refractivity contribution is 6.24. The number of hydrogen-bond donors (Lipinski definition) is 1. The molecule has 4 heteroatoms. The molecule has 28 valence electrons. The summed E-state index contributed by atoms with van der Waals surface area (Å²) in [6, 6.07) is 0. The van der Waals surface area contributed by atoms with Crippen LogP contribution in [0.1, 0.15) is 0 Å². The van der Waals surface area contributed by atoms with Crippen LogP contribution in [0.4, 0.5) is 0 Å². The third-order valence-corrected chi connectivity index (χ3v) is 0.406. The van der Waals surface area contributed by atoms with Gasteiger partial charge in [0, 0.05) is 0 Å². The summed E-state index contributed by atoms with van der Waals surface area (Å²) < 4.78 is 2.86. The Bertz CT molecular complexity index is 56.7. The molecule has 0 rings (SSSR count). The van der Waals surface area contributed by atoms with E-state index < -0.39 is 9.92 Å². The third-order valence-electron chi connectivity index (χ3n) is 0.135. The maximum absolute atomic E-state index is 8.99. The largest absolute Gasteiger partial charge is 0.418 e. The summed E-state index contributed by atoms with van der Waals surface area (Å²) in [4.78, 5) is 16.8. The molecule has 5 heavy (non-hydrogen) atoms. The molecule has 0 aliphatic heterocycles. The second kappa shape index (κ2) is 3.56. The summed E-state index contributed by atoms with van der Waals surface area (Å²) in [6.45, 7) is 0. The fourth-order valence-corrected chi connectivity index (χ4v) is 0.0866. The van der Waals surface area contributed by atoms with Crippen LogP contribution in [0.15, 0.2) is 4.66 Å². The lowest BCUT2D eigenvalue weighted by Crippen LogP contribution is -1.74. The molecule has 0 aliphatic rings. The lowest BCUT2D eigenvalue weighted by atomic mass is 11.7. The van der Waals surface area contributed by atoms with Crippen molar-refractivity contribution in [3.8, 4) is 0 Å². The van der Waals surface area contributed by atoms with E-state index in [1.165, 1.54) is 6.08 Å². The zero-order valence-corrected chi connectivity index (χ0v) is 3.92. The molecule has 0 aromatic heterocycles. The van der Waals surface area contributed by atoms with Crippen molar-refractivity contribution >= 4 is 16.0 Å². The average molecular weight is 89.1 g/mol. The molecule has 0 saturated carbocycles. The van der Waals surface area contributed by atoms with E-state index in [0.717, 1.165) is 0 Å². The van der Waals surface area contributed by atoms with Crippen LogP contribution in [0.25, 0.3) is 0 Å². The van der Waals surface area contributed by atoms with Crippen molar-refractivity contribution in [2.45, 2.75) is 0 Å². The first kappa shape index (κ1) is 4.56. The van der Waals surface area contributed by atoms with Crippen LogP contribution >= 0.6 is 0 Å². The van der Waals surface area contributed by atoms with Crippen molar-refractivity contribution in [2.24, 2.45) is 4.66 Å². The zero-order valence-electron chi connectivity index (χ0n) is 2.51. The second-order valence-corrected chi connectivity index (χ2v) is 0.990. The van der Waals surface area contributed by atoms with Gasteiger partial charge in [0.05, 0.1) is 0 Å². The lowest BCUT2D eigenvalue weighted by Gasteiger charge is -1.57. The molecule has 0 heterocycles. The van der Waals surface area contributed by atoms with Crippen molar-refractivity contribution in [3.05, 3.63) is 0 Å². The molecule has 0 saturated heterocycles. The van der Waals surface area contributed by atoms with E-state index in [0.29, 0.717) is 0 Å². The van der Waals surface area contributed by atoms with Crippen molar-refractivity contribution in [3.63, 3.8) is 0 Å². The van der Waals surface area contributed by atoms with E-state index in [1.54, 1.807) is 0 Å². The van der Waals surface area contributed by atoms with Gasteiger partial charge in [-0.15, -0.1) is 0 Å². The van der Waals surface area contributed by atoms with Crippen molar-refractivity contribution in [1.82, 2.24) is 0 Å². The Labute approximate surface area is 31.4 Å². The number of carbonyl (C=O) groups excluding carboxylic acids is 1. The van der Waals surface area contributed by atoms with E-state index in [-0.39, 0.29) is 0 Å². The van der Waals surface area contributed by atoms with Gasteiger partial charge in [-0.3, -0.25) is 0 Å². The van der Waals surface area contributed by atoms with E-state index in [9.17, 15) is 0 Å². The second-order valence-electron chi connectivity index (χ2n) is 0.391. The number of nitrogens with zero attached hydrogens (tertiary/aromatic N) is 1. The van der Waals surface area contributed by atoms with Gasteiger partial charge in [0.2, 0.25) is 6.08 Å². The van der Waals surface area contributed by atoms with Gasteiger partial charge in [-0.1, -0.05) is 0 Å². The van der Waals surface area contributed by atoms with Gasteiger partial charge in [-0.2, -0.15) is 0 Å². The Morgan fingerprint density at radius 3 is 2.60 bits per heavy atom. The van der Waals surface area contributed by atoms with Gasteiger partial charge in [-0.25, -0.2) is 9.45 Å². The van der Waals surface area contributed by atoms with E-state index in [1.807, 2.05) is 0 Å². The molecular weight excluding hydrogens is 86.1 g/mol. The molecule has 0 aromatic rings. The Morgan fingerprint density at radius 2 is 2.60 bits per heavy atom. The van der Waals surface area contributed by atoms with Gasteiger partial charge in [0.1, 0.15) is 0 Å². The predicted molar refractivity (Wildman–Crippen MR) is 18.9 cm³/mol. The summed E-state index contributed by atoms with van der Waals surface area (Å²) in [6.07, 6.45) is 1.20. The minimum Gasteiger partial charge on any atom is -0.418 e. The van der Waals surface area contributed by atoms with Crippen LogP contribution in [0.3, 0.4) is 0 Å². The summed E-state index contributed by atoms with van der Waals surface area (Å²) >= 11 is 0. The van der Waals surface area contributed by atoms with E-state index >= 15 is 0 Å². The number of isocyanates is 1. The van der Waals surface area contributed by atoms with Crippen LogP contribution in [-0.2, 0) is 4.79 Å². The molecule has 0 spiro atoms. The molecule has 0 unspecified atom stereocenters. The third kappa shape index (κ3) is 3.56. The SMILES string of the molecule is O=C=N[SiH2]O. The molecule has 0 bridgehead atoms. The molecule has 0 amide bonds. The molecule has 0 atom stereocenters. The van der Waals surface area contributed by atoms with Crippen molar-refractivity contribution in [2.75, 3.05) is 0 Å². The Kier molecular flexibility index (Phi) is 3.24. The minimum absolute atomic E-state index is 1.20. The zero-order chi connectivity index (χ0) is 4.12. The van der Waals surface area contributed by atoms with Gasteiger partial charge in [0.15, 0.2) is 0 Å². The topological polar surface area (TPSA) is 49.7 Å². The maximum Gasteiger partial charge on any atom is 0.299 e. The van der Waals surface area contributed by atoms with Crippen LogP contribution in [0.2, 0.25) is 0 Å². The molecule has 0 aromatic carbocycles. The van der Waals surface area contributed by atoms with Gasteiger partial charge < -0.3 is 4.80 Å². The van der Waals surface area contributed by atoms with Gasteiger partial charge >= 0.3 is 0 Å². The molecule has 0 fully saturated rings. The van der Waals surface area contributed by atoms with Crippen LogP contribution < -0.4 is 0 Å². The average Bonchev–Trinajstić information content (AvgIpc) is 1.41. The smallest absolute Gasteiger partial charge is 0.299 e. The highest BCUT2D eigenvalue weighted by Crippen LogP contribution is 1.40. The number of hydrogen-bond acceptors (Lipinski definition) is 3. The minimum atomic E-state index is -1.38. The highest BCUT2D eigenvalue weighted by Gasteiger charge is 1.57. The van der Waals surface area contributed by atoms with Crippen molar-refractivity contribution < 1.29 is 9.59 Å². The van der Waals surface area contributed by atoms with Gasteiger partial charge in [0.25, 0.3) is 9.92 Å². The standard InChI is InChI=1S/CH3NO2Si/c3-1-2-5-4/h4H,5H2. The molecule has 0 radical (unpaired) electrons. The van der Waals surface area contributed by atoms with Crippen molar-refractivity contribution in [1.29, 1.82) is 0 Å². The molecular formula is CH3NO2Si. The maximum atomic E-state index is 8.99. The summed E-state index contributed by atoms with van der Waals surface area (Å²) in [5.74, 6) is 0. The van der Waals surface area contributed by atoms with Crippen LogP contribution in [-0.4, -0.2) is 20.8 Å². The van der Waals surface area contributed by atoms with Gasteiger partial charge in [-0.05, 0) is 0 Å². The summed E-state index contributed by atoms with van der Waals surface area (Å²) in [5.41, 5.74) is 0. The van der Waals surface area contributed by atoms with E-state index in [2.05, 4.69) is 4.66 Å². The first-order chi connectivity index (χ1) is 2.41. The lowest BCUT2D eigenvalue weighted by molar-refractivity contribution is 0.562. The summed E-state index contributed by atoms with van der Waals surface area (Å²) in [7, 11) is -1.38. The number of rotatable bonds is 1. The first-order valence-electron chi connectivity index (χ1n) is 1.06. The summed E-state index contributed by atoms with van der Waals surface area (Å²) in [5, 5.41) is 0. The van der Waals surface area contributed by atoms with E-state index in [4.69, 9.17) is 9.59 Å². The van der Waals surface area contributed by atoms with Crippen LogP contribution in [0.5, 0.6) is 0 Å². The monoisotopic (exact) mass is 89.0 g/mol. The Morgan fingerprint density at radius 1 is 2.00 bits per heavy atom. The molecule has 3 nitrogen and oxygen atoms in total. The molecule has 0 aliphatic carbocycles. The van der Waals surface area contributed by atoms with Crippen LogP contribution in [0, 0.1) is 0 Å². The fraction of sp³-hybridized carbons (Fsp3) is 0. The Balaban J connectivity index is 2.93. The highest BCUT2D eigenvalue weighted by atomic mass is 28.2. The molecule has 1 N–H and O–H groups in total. The first-order valence-corrected chi connectivity index (χ1v) is 2.33. The predicted octanol–water partition coefficient (Wildman–Crippen LogP) is -1.69.